The SMILES string of the molecule is CCCC1CC(=O)C=C(NC(Cc2ccc3c(c2)CCN3C(=O)c2c(Cl)cncc2Cl)C(=O)O)C1. The zero-order chi connectivity index (χ0) is 25.1. The van der Waals surface area contributed by atoms with Crippen LogP contribution in [0.25, 0.3) is 0 Å². The van der Waals surface area contributed by atoms with Gasteiger partial charge < -0.3 is 15.3 Å². The van der Waals surface area contributed by atoms with Gasteiger partial charge in [-0.3, -0.25) is 14.6 Å². The van der Waals surface area contributed by atoms with Crippen molar-refractivity contribution in [2.75, 3.05) is 11.4 Å². The van der Waals surface area contributed by atoms with E-state index < -0.39 is 12.0 Å². The highest BCUT2D eigenvalue weighted by Gasteiger charge is 2.30. The number of pyridine rings is 1. The number of aromatic nitrogens is 1. The lowest BCUT2D eigenvalue weighted by molar-refractivity contribution is -0.139. The fraction of sp³-hybridized carbons (Fsp3) is 0.385. The van der Waals surface area contributed by atoms with E-state index in [-0.39, 0.29) is 39.6 Å². The van der Waals surface area contributed by atoms with Gasteiger partial charge in [-0.2, -0.15) is 0 Å². The van der Waals surface area contributed by atoms with Gasteiger partial charge in [0.15, 0.2) is 5.78 Å². The fourth-order valence-electron chi connectivity index (χ4n) is 4.90. The zero-order valence-corrected chi connectivity index (χ0v) is 20.9. The first-order valence-electron chi connectivity index (χ1n) is 11.7. The van der Waals surface area contributed by atoms with Gasteiger partial charge in [0, 0.05) is 49.2 Å². The van der Waals surface area contributed by atoms with Crippen LogP contribution in [0, 0.1) is 5.92 Å². The Balaban J connectivity index is 1.49. The maximum atomic E-state index is 13.1. The molecule has 0 fully saturated rings. The molecule has 2 atom stereocenters. The number of carboxylic acid groups (broad SMARTS) is 1. The second-order valence-electron chi connectivity index (χ2n) is 9.09. The standard InChI is InChI=1S/C26H27Cl2N3O4/c1-2-3-15-9-18(12-19(32)10-15)30-22(26(34)35)11-16-4-5-23-17(8-16)6-7-31(23)25(33)24-20(27)13-29-14-21(24)28/h4-5,8,12-15,22,30H,2-3,6-7,9-11H2,1H3,(H,34,35). The molecule has 1 aliphatic carbocycles. The van der Waals surface area contributed by atoms with Crippen LogP contribution >= 0.6 is 23.2 Å². The van der Waals surface area contributed by atoms with Gasteiger partial charge >= 0.3 is 5.97 Å². The maximum absolute atomic E-state index is 13.1. The average molecular weight is 516 g/mol. The molecule has 1 aliphatic heterocycles. The Hall–Kier alpha value is -2.90. The summed E-state index contributed by atoms with van der Waals surface area (Å²) in [6.07, 6.45) is 8.35. The number of anilines is 1. The Kier molecular flexibility index (Phi) is 7.77. The molecule has 0 spiro atoms. The Morgan fingerprint density at radius 2 is 1.97 bits per heavy atom. The first-order valence-corrected chi connectivity index (χ1v) is 12.5. The normalized spacial score (nSPS) is 18.1. The number of carbonyl (C=O) groups is 3. The molecular weight excluding hydrogens is 489 g/mol. The van der Waals surface area contributed by atoms with E-state index in [0.29, 0.717) is 31.5 Å². The summed E-state index contributed by atoms with van der Waals surface area (Å²) in [6, 6.07) is 4.74. The first kappa shape index (κ1) is 25.2. The third-order valence-corrected chi connectivity index (χ3v) is 7.05. The second-order valence-corrected chi connectivity index (χ2v) is 9.90. The number of nitrogens with one attached hydrogen (secondary N) is 1. The molecule has 0 bridgehead atoms. The first-order chi connectivity index (χ1) is 16.8. The van der Waals surface area contributed by atoms with Gasteiger partial charge in [0.25, 0.3) is 5.91 Å². The van der Waals surface area contributed by atoms with Crippen molar-refractivity contribution in [3.63, 3.8) is 0 Å². The van der Waals surface area contributed by atoms with Crippen molar-refractivity contribution in [3.8, 4) is 0 Å². The number of nitrogens with zero attached hydrogens (tertiary/aromatic N) is 2. The van der Waals surface area contributed by atoms with Crippen LogP contribution in [0.4, 0.5) is 5.69 Å². The van der Waals surface area contributed by atoms with E-state index in [4.69, 9.17) is 23.2 Å². The average Bonchev–Trinajstić information content (AvgIpc) is 3.21. The number of ketones is 1. The molecule has 1 aromatic heterocycles. The molecule has 1 aromatic carbocycles. The van der Waals surface area contributed by atoms with Gasteiger partial charge in [0.2, 0.25) is 0 Å². The molecule has 9 heteroatoms. The van der Waals surface area contributed by atoms with Crippen LogP contribution in [0.15, 0.2) is 42.4 Å². The molecule has 2 heterocycles. The second kappa shape index (κ2) is 10.8. The van der Waals surface area contributed by atoms with Crippen molar-refractivity contribution in [1.29, 1.82) is 0 Å². The van der Waals surface area contributed by atoms with Crippen LogP contribution in [0.1, 0.15) is 54.1 Å². The van der Waals surface area contributed by atoms with E-state index in [1.807, 2.05) is 18.2 Å². The smallest absolute Gasteiger partial charge is 0.326 e. The Labute approximate surface area is 214 Å². The summed E-state index contributed by atoms with van der Waals surface area (Å²) in [6.45, 7) is 2.56. The van der Waals surface area contributed by atoms with E-state index in [0.717, 1.165) is 29.7 Å². The van der Waals surface area contributed by atoms with Crippen LogP contribution in [-0.2, 0) is 22.4 Å². The summed E-state index contributed by atoms with van der Waals surface area (Å²) >= 11 is 12.3. The van der Waals surface area contributed by atoms with Crippen LogP contribution in [0.3, 0.4) is 0 Å². The molecule has 184 valence electrons. The number of allylic oxidation sites excluding steroid dienone is 2. The lowest BCUT2D eigenvalue weighted by Gasteiger charge is -2.25. The van der Waals surface area contributed by atoms with Crippen LogP contribution < -0.4 is 10.2 Å². The number of carbonyl (C=O) groups excluding carboxylic acids is 2. The summed E-state index contributed by atoms with van der Waals surface area (Å²) < 4.78 is 0. The number of rotatable bonds is 8. The summed E-state index contributed by atoms with van der Waals surface area (Å²) in [5.74, 6) is -0.983. The zero-order valence-electron chi connectivity index (χ0n) is 19.4. The predicted molar refractivity (Wildman–Crippen MR) is 135 cm³/mol. The molecule has 7 nitrogen and oxygen atoms in total. The molecule has 4 rings (SSSR count). The number of carboxylic acids is 1. The van der Waals surface area contributed by atoms with Crippen molar-refractivity contribution in [2.24, 2.45) is 5.92 Å². The van der Waals surface area contributed by atoms with E-state index in [2.05, 4.69) is 17.2 Å². The molecule has 2 N–H and O–H groups in total. The summed E-state index contributed by atoms with van der Waals surface area (Å²) in [5, 5.41) is 13.3. The van der Waals surface area contributed by atoms with Crippen LogP contribution in [0.2, 0.25) is 10.0 Å². The van der Waals surface area contributed by atoms with Crippen LogP contribution in [0.5, 0.6) is 0 Å². The highest BCUT2D eigenvalue weighted by atomic mass is 35.5. The molecule has 0 saturated heterocycles. The van der Waals surface area contributed by atoms with Crippen molar-refractivity contribution < 1.29 is 19.5 Å². The minimum absolute atomic E-state index is 0.0398. The highest BCUT2D eigenvalue weighted by molar-refractivity contribution is 6.40. The van der Waals surface area contributed by atoms with Gasteiger partial charge in [-0.1, -0.05) is 48.7 Å². The highest BCUT2D eigenvalue weighted by Crippen LogP contribution is 2.33. The Morgan fingerprint density at radius 1 is 1.23 bits per heavy atom. The minimum Gasteiger partial charge on any atom is -0.480 e. The van der Waals surface area contributed by atoms with Gasteiger partial charge in [0.05, 0.1) is 15.6 Å². The lowest BCUT2D eigenvalue weighted by atomic mass is 9.87. The molecule has 0 radical (unpaired) electrons. The third-order valence-electron chi connectivity index (χ3n) is 6.48. The van der Waals surface area contributed by atoms with E-state index in [9.17, 15) is 19.5 Å². The van der Waals surface area contributed by atoms with Gasteiger partial charge in [0.1, 0.15) is 6.04 Å². The molecule has 0 saturated carbocycles. The lowest BCUT2D eigenvalue weighted by Crippen LogP contribution is -2.39. The maximum Gasteiger partial charge on any atom is 0.326 e. The number of aliphatic carboxylic acids is 1. The Bertz CT molecular complexity index is 1180. The van der Waals surface area contributed by atoms with Crippen molar-refractivity contribution in [2.45, 2.75) is 51.5 Å². The van der Waals surface area contributed by atoms with Crippen molar-refractivity contribution in [1.82, 2.24) is 10.3 Å². The van der Waals surface area contributed by atoms with E-state index in [1.165, 1.54) is 12.4 Å². The quantitative estimate of drug-likeness (QED) is 0.521. The van der Waals surface area contributed by atoms with E-state index >= 15 is 0 Å². The summed E-state index contributed by atoms with van der Waals surface area (Å²) in [7, 11) is 0. The topological polar surface area (TPSA) is 99.6 Å². The number of hydrogen-bond acceptors (Lipinski definition) is 5. The predicted octanol–water partition coefficient (Wildman–Crippen LogP) is 4.84. The monoisotopic (exact) mass is 515 g/mol. The number of amides is 1. The minimum atomic E-state index is -0.977. The number of benzene rings is 1. The molecule has 2 aromatic rings. The van der Waals surface area contributed by atoms with Crippen molar-refractivity contribution >= 4 is 46.5 Å². The number of hydrogen-bond donors (Lipinski definition) is 2. The molecule has 2 aliphatic rings. The van der Waals surface area contributed by atoms with Gasteiger partial charge in [-0.15, -0.1) is 0 Å². The van der Waals surface area contributed by atoms with Gasteiger partial charge in [-0.25, -0.2) is 4.79 Å². The number of halogens is 2. The molecule has 35 heavy (non-hydrogen) atoms. The summed E-state index contributed by atoms with van der Waals surface area (Å²) in [5.41, 5.74) is 3.45. The van der Waals surface area contributed by atoms with Crippen molar-refractivity contribution in [3.05, 3.63) is 69.1 Å². The molecule has 2 unspecified atom stereocenters. The largest absolute Gasteiger partial charge is 0.480 e. The summed E-state index contributed by atoms with van der Waals surface area (Å²) in [4.78, 5) is 42.8. The van der Waals surface area contributed by atoms with E-state index in [1.54, 1.807) is 11.0 Å². The third kappa shape index (κ3) is 5.68. The number of fused-ring (bicyclic) bond motifs is 1. The molecular formula is C26H27Cl2N3O4. The van der Waals surface area contributed by atoms with Crippen LogP contribution in [-0.4, -0.2) is 40.3 Å². The van der Waals surface area contributed by atoms with Gasteiger partial charge in [-0.05, 0) is 42.4 Å². The molecule has 1 amide bonds. The Morgan fingerprint density at radius 3 is 2.66 bits per heavy atom. The fourth-order valence-corrected chi connectivity index (χ4v) is 5.42.